The van der Waals surface area contributed by atoms with E-state index in [2.05, 4.69) is 26.4 Å². The van der Waals surface area contributed by atoms with Crippen LogP contribution in [-0.2, 0) is 9.53 Å². The Bertz CT molecular complexity index is 1110. The second-order valence-corrected chi connectivity index (χ2v) is 7.80. The van der Waals surface area contributed by atoms with E-state index < -0.39 is 18.0 Å². The minimum absolute atomic E-state index is 0.0613. The molecule has 2 aromatic carbocycles. The Hall–Kier alpha value is -2.35. The van der Waals surface area contributed by atoms with Crippen molar-refractivity contribution < 1.29 is 18.8 Å². The molecule has 1 unspecified atom stereocenters. The molecule has 1 atom stereocenters. The van der Waals surface area contributed by atoms with E-state index in [1.165, 1.54) is 0 Å². The lowest BCUT2D eigenvalue weighted by molar-refractivity contribution is -0.124. The van der Waals surface area contributed by atoms with Gasteiger partial charge in [-0.1, -0.05) is 50.4 Å². The first-order valence-corrected chi connectivity index (χ1v) is 9.63. The maximum atomic E-state index is 12.9. The number of nitrogens with one attached hydrogen (secondary N) is 1. The largest absolute Gasteiger partial charge is 0.443 e. The molecule has 4 rings (SSSR count). The van der Waals surface area contributed by atoms with Gasteiger partial charge in [0, 0.05) is 21.3 Å². The zero-order valence-corrected chi connectivity index (χ0v) is 17.4. The summed E-state index contributed by atoms with van der Waals surface area (Å²) in [5.74, 6) is -0.977. The van der Waals surface area contributed by atoms with E-state index in [1.54, 1.807) is 43.3 Å². The summed E-state index contributed by atoms with van der Waals surface area (Å²) in [4.78, 5) is 25.3. The highest BCUT2D eigenvalue weighted by Gasteiger charge is 2.36. The molecule has 0 saturated heterocycles. The summed E-state index contributed by atoms with van der Waals surface area (Å²) < 4.78 is 11.5. The summed E-state index contributed by atoms with van der Waals surface area (Å²) in [7, 11) is 0. The molecule has 0 radical (unpaired) electrons. The molecule has 142 valence electrons. The first kappa shape index (κ1) is 19.0. The molecule has 2 heterocycles. The molecule has 1 aliphatic heterocycles. The molecule has 6 nitrogen and oxygen atoms in total. The Morgan fingerprint density at radius 3 is 2.68 bits per heavy atom. The third kappa shape index (κ3) is 3.19. The van der Waals surface area contributed by atoms with Gasteiger partial charge >= 0.3 is 5.97 Å². The number of hydrogen-bond donors (Lipinski definition) is 1. The van der Waals surface area contributed by atoms with E-state index >= 15 is 0 Å². The number of carbonyl (C=O) groups is 2. The van der Waals surface area contributed by atoms with Crippen molar-refractivity contribution in [1.82, 2.24) is 5.16 Å². The van der Waals surface area contributed by atoms with Crippen LogP contribution in [0.5, 0.6) is 0 Å². The third-order valence-electron chi connectivity index (χ3n) is 4.28. The lowest BCUT2D eigenvalue weighted by Gasteiger charge is -2.12. The maximum Gasteiger partial charge on any atom is 0.345 e. The van der Waals surface area contributed by atoms with Crippen molar-refractivity contribution >= 4 is 56.7 Å². The van der Waals surface area contributed by atoms with Gasteiger partial charge in [0.15, 0.2) is 0 Å². The van der Waals surface area contributed by atoms with Crippen molar-refractivity contribution in [3.05, 3.63) is 67.8 Å². The number of carbonyl (C=O) groups excluding carboxylic acids is 2. The van der Waals surface area contributed by atoms with Crippen LogP contribution in [0.1, 0.15) is 27.8 Å². The van der Waals surface area contributed by atoms with Crippen LogP contribution in [0, 0.1) is 6.92 Å². The summed E-state index contributed by atoms with van der Waals surface area (Å²) >= 11 is 15.8. The number of amides is 1. The van der Waals surface area contributed by atoms with Gasteiger partial charge in [-0.2, -0.15) is 0 Å². The van der Waals surface area contributed by atoms with E-state index in [0.717, 1.165) is 4.47 Å². The number of halogens is 3. The Morgan fingerprint density at radius 1 is 1.25 bits per heavy atom. The second-order valence-electron chi connectivity index (χ2n) is 6.07. The molecule has 1 N–H and O–H groups in total. The number of rotatable bonds is 3. The summed E-state index contributed by atoms with van der Waals surface area (Å²) in [5.41, 5.74) is 1.72. The third-order valence-corrected chi connectivity index (χ3v) is 5.41. The standard InChI is InChI=1S/C19H11BrCl2N2O4/c1-8-14(16(24-28-8)15-11(21)3-2-4-12(15)22)19(26)27-17-10-7-9(20)5-6-13(10)23-18(17)25/h2-7,17H,1H3,(H,23,25). The minimum atomic E-state index is -1.09. The molecular formula is C19H11BrCl2N2O4. The lowest BCUT2D eigenvalue weighted by Crippen LogP contribution is -2.19. The predicted molar refractivity (Wildman–Crippen MR) is 108 cm³/mol. The average molecular weight is 482 g/mol. The average Bonchev–Trinajstić information content (AvgIpc) is 3.15. The van der Waals surface area contributed by atoms with Gasteiger partial charge in [0.2, 0.25) is 6.10 Å². The monoisotopic (exact) mass is 480 g/mol. The van der Waals surface area contributed by atoms with Gasteiger partial charge in [0.05, 0.1) is 10.0 Å². The molecule has 0 spiro atoms. The number of esters is 1. The molecule has 0 saturated carbocycles. The molecular weight excluding hydrogens is 471 g/mol. The topological polar surface area (TPSA) is 81.4 Å². The highest BCUT2D eigenvalue weighted by atomic mass is 79.9. The Labute approximate surface area is 177 Å². The van der Waals surface area contributed by atoms with E-state index in [0.29, 0.717) is 26.9 Å². The Morgan fingerprint density at radius 2 is 1.96 bits per heavy atom. The molecule has 28 heavy (non-hydrogen) atoms. The van der Waals surface area contributed by atoms with Crippen LogP contribution in [0.3, 0.4) is 0 Å². The quantitative estimate of drug-likeness (QED) is 0.494. The number of fused-ring (bicyclic) bond motifs is 1. The SMILES string of the molecule is Cc1onc(-c2c(Cl)cccc2Cl)c1C(=O)OC1C(=O)Nc2ccc(Br)cc21. The molecule has 1 amide bonds. The van der Waals surface area contributed by atoms with Crippen molar-refractivity contribution in [2.45, 2.75) is 13.0 Å². The summed E-state index contributed by atoms with van der Waals surface area (Å²) in [6.07, 6.45) is -1.09. The van der Waals surface area contributed by atoms with Crippen LogP contribution in [-0.4, -0.2) is 17.0 Å². The highest BCUT2D eigenvalue weighted by molar-refractivity contribution is 9.10. The number of anilines is 1. The number of aryl methyl sites for hydroxylation is 1. The highest BCUT2D eigenvalue weighted by Crippen LogP contribution is 2.39. The Balaban J connectivity index is 1.72. The molecule has 9 heteroatoms. The Kier molecular flexibility index (Phi) is 4.91. The van der Waals surface area contributed by atoms with Gasteiger partial charge in [-0.25, -0.2) is 4.79 Å². The van der Waals surface area contributed by atoms with Crippen LogP contribution in [0.4, 0.5) is 5.69 Å². The number of benzene rings is 2. The normalized spacial score (nSPS) is 15.3. The smallest absolute Gasteiger partial charge is 0.345 e. The van der Waals surface area contributed by atoms with E-state index in [9.17, 15) is 9.59 Å². The van der Waals surface area contributed by atoms with Crippen molar-refractivity contribution in [2.24, 2.45) is 0 Å². The predicted octanol–water partition coefficient (Wildman–Crippen LogP) is 5.57. The zero-order chi connectivity index (χ0) is 20.0. The fourth-order valence-corrected chi connectivity index (χ4v) is 3.95. The van der Waals surface area contributed by atoms with Crippen LogP contribution in [0.15, 0.2) is 45.4 Å². The number of ether oxygens (including phenoxy) is 1. The van der Waals surface area contributed by atoms with Gasteiger partial charge in [0.1, 0.15) is 17.0 Å². The molecule has 0 aliphatic carbocycles. The van der Waals surface area contributed by atoms with Gasteiger partial charge in [-0.3, -0.25) is 4.79 Å². The minimum Gasteiger partial charge on any atom is -0.443 e. The van der Waals surface area contributed by atoms with Gasteiger partial charge in [-0.05, 0) is 37.3 Å². The zero-order valence-electron chi connectivity index (χ0n) is 14.3. The van der Waals surface area contributed by atoms with Gasteiger partial charge < -0.3 is 14.6 Å². The number of aromatic nitrogens is 1. The van der Waals surface area contributed by atoms with Gasteiger partial charge in [-0.15, -0.1) is 0 Å². The second kappa shape index (κ2) is 7.24. The summed E-state index contributed by atoms with van der Waals surface area (Å²) in [5, 5.41) is 7.23. The molecule has 0 fully saturated rings. The molecule has 1 aromatic heterocycles. The fourth-order valence-electron chi connectivity index (χ4n) is 2.99. The van der Waals surface area contributed by atoms with E-state index in [-0.39, 0.29) is 17.0 Å². The molecule has 3 aromatic rings. The first-order chi connectivity index (χ1) is 13.4. The lowest BCUT2D eigenvalue weighted by atomic mass is 10.1. The van der Waals surface area contributed by atoms with Crippen LogP contribution < -0.4 is 5.32 Å². The van der Waals surface area contributed by atoms with Crippen molar-refractivity contribution in [3.8, 4) is 11.3 Å². The van der Waals surface area contributed by atoms with Crippen LogP contribution in [0.25, 0.3) is 11.3 Å². The van der Waals surface area contributed by atoms with Gasteiger partial charge in [0.25, 0.3) is 5.91 Å². The molecule has 0 bridgehead atoms. The van der Waals surface area contributed by atoms with Crippen molar-refractivity contribution in [2.75, 3.05) is 5.32 Å². The van der Waals surface area contributed by atoms with Crippen LogP contribution >= 0.6 is 39.1 Å². The van der Waals surface area contributed by atoms with E-state index in [4.69, 9.17) is 32.5 Å². The fraction of sp³-hybridized carbons (Fsp3) is 0.105. The number of nitrogens with zero attached hydrogens (tertiary/aromatic N) is 1. The first-order valence-electron chi connectivity index (χ1n) is 8.08. The summed E-state index contributed by atoms with van der Waals surface area (Å²) in [6.45, 7) is 1.57. The van der Waals surface area contributed by atoms with Crippen LogP contribution in [0.2, 0.25) is 10.0 Å². The number of hydrogen-bond acceptors (Lipinski definition) is 5. The van der Waals surface area contributed by atoms with E-state index in [1.807, 2.05) is 0 Å². The van der Waals surface area contributed by atoms with Crippen molar-refractivity contribution in [1.29, 1.82) is 0 Å². The maximum absolute atomic E-state index is 12.9. The molecule has 1 aliphatic rings. The van der Waals surface area contributed by atoms with Crippen molar-refractivity contribution in [3.63, 3.8) is 0 Å². The summed E-state index contributed by atoms with van der Waals surface area (Å²) in [6, 6.07) is 10.2.